The summed E-state index contributed by atoms with van der Waals surface area (Å²) in [6.45, 7) is 6.88. The molecule has 2 aromatic heterocycles. The van der Waals surface area contributed by atoms with Crippen molar-refractivity contribution in [1.82, 2.24) is 14.5 Å². The Balaban J connectivity index is 1.99. The summed E-state index contributed by atoms with van der Waals surface area (Å²) in [5.41, 5.74) is 3.85. The van der Waals surface area contributed by atoms with Crippen LogP contribution < -0.4 is 9.47 Å². The number of aliphatic hydroxyl groups excluding tert-OH is 1. The number of aromatic nitrogens is 3. The first kappa shape index (κ1) is 17.9. The van der Waals surface area contributed by atoms with Gasteiger partial charge < -0.3 is 19.1 Å². The summed E-state index contributed by atoms with van der Waals surface area (Å²) in [6.07, 6.45) is 0. The highest BCUT2D eigenvalue weighted by Gasteiger charge is 2.16. The van der Waals surface area contributed by atoms with E-state index in [4.69, 9.17) is 9.47 Å². The van der Waals surface area contributed by atoms with Crippen molar-refractivity contribution in [2.45, 2.75) is 34.3 Å². The van der Waals surface area contributed by atoms with Crippen molar-refractivity contribution in [3.63, 3.8) is 0 Å². The second-order valence-electron chi connectivity index (χ2n) is 6.20. The Hall–Kier alpha value is -2.93. The molecule has 1 aromatic carbocycles. The molecule has 136 valence electrons. The van der Waals surface area contributed by atoms with Gasteiger partial charge in [0.15, 0.2) is 5.65 Å². The lowest BCUT2D eigenvalue weighted by molar-refractivity contribution is -0.131. The first-order chi connectivity index (χ1) is 12.3. The number of fused-ring (bicyclic) bond motifs is 1. The average Bonchev–Trinajstić information content (AvgIpc) is 2.92. The first-order valence-corrected chi connectivity index (χ1v) is 8.22. The van der Waals surface area contributed by atoms with Crippen molar-refractivity contribution in [1.29, 1.82) is 0 Å². The van der Waals surface area contributed by atoms with Gasteiger partial charge in [-0.2, -0.15) is 4.98 Å². The van der Waals surface area contributed by atoms with Gasteiger partial charge in [0.1, 0.15) is 29.4 Å². The molecule has 1 N–H and O–H groups in total. The Labute approximate surface area is 151 Å². The number of nitrogens with zero attached hydrogens (tertiary/aromatic N) is 3. The number of hydrogen-bond acceptors (Lipinski definition) is 6. The van der Waals surface area contributed by atoms with Gasteiger partial charge in [0.2, 0.25) is 5.88 Å². The number of ether oxygens (including phenoxy) is 2. The van der Waals surface area contributed by atoms with Crippen LogP contribution in [0.2, 0.25) is 0 Å². The van der Waals surface area contributed by atoms with E-state index in [2.05, 4.69) is 9.97 Å². The summed E-state index contributed by atoms with van der Waals surface area (Å²) in [4.78, 5) is 20.1. The molecule has 0 atom stereocenters. The highest BCUT2D eigenvalue weighted by Crippen LogP contribution is 2.35. The molecule has 7 heteroatoms. The average molecular weight is 355 g/mol. The molecule has 0 aliphatic carbocycles. The van der Waals surface area contributed by atoms with Crippen LogP contribution in [0.4, 0.5) is 0 Å². The Bertz CT molecular complexity index is 1010. The number of imidazole rings is 1. The maximum absolute atomic E-state index is 11.3. The number of aryl methyl sites for hydroxylation is 2. The van der Waals surface area contributed by atoms with Crippen molar-refractivity contribution >= 4 is 17.1 Å². The zero-order chi connectivity index (χ0) is 19.0. The number of esters is 1. The summed E-state index contributed by atoms with van der Waals surface area (Å²) in [5, 5.41) is 9.33. The third-order valence-corrected chi connectivity index (χ3v) is 4.36. The number of aliphatic hydroxyl groups is 1. The van der Waals surface area contributed by atoms with Crippen molar-refractivity contribution in [2.24, 2.45) is 7.05 Å². The van der Waals surface area contributed by atoms with Gasteiger partial charge in [0, 0.05) is 20.0 Å². The Morgan fingerprint density at radius 1 is 1.19 bits per heavy atom. The number of benzene rings is 1. The fourth-order valence-corrected chi connectivity index (χ4v) is 2.83. The van der Waals surface area contributed by atoms with Gasteiger partial charge in [-0.3, -0.25) is 4.79 Å². The third kappa shape index (κ3) is 3.13. The second-order valence-corrected chi connectivity index (χ2v) is 6.20. The molecule has 26 heavy (non-hydrogen) atoms. The van der Waals surface area contributed by atoms with E-state index in [0.717, 1.165) is 16.7 Å². The van der Waals surface area contributed by atoms with E-state index in [1.807, 2.05) is 26.8 Å². The van der Waals surface area contributed by atoms with Gasteiger partial charge >= 0.3 is 5.97 Å². The van der Waals surface area contributed by atoms with E-state index in [1.54, 1.807) is 23.7 Å². The second kappa shape index (κ2) is 6.76. The molecule has 0 aliphatic rings. The zero-order valence-electron chi connectivity index (χ0n) is 15.5. The summed E-state index contributed by atoms with van der Waals surface area (Å²) < 4.78 is 13.0. The molecule has 3 rings (SSSR count). The number of pyridine rings is 1. The summed E-state index contributed by atoms with van der Waals surface area (Å²) in [6, 6.07) is 5.37. The molecule has 0 amide bonds. The SMILES string of the molecule is CC(=O)Oc1c(C)cc(Oc2ccc3nc(CO)n(C)c3n2)c(C)c1C. The fourth-order valence-electron chi connectivity index (χ4n) is 2.83. The van der Waals surface area contributed by atoms with Crippen molar-refractivity contribution < 1.29 is 19.4 Å². The topological polar surface area (TPSA) is 86.5 Å². The molecule has 0 saturated heterocycles. The molecule has 0 fully saturated rings. The van der Waals surface area contributed by atoms with E-state index in [0.29, 0.717) is 34.4 Å². The molecular formula is C19H21N3O4. The smallest absolute Gasteiger partial charge is 0.308 e. The minimum absolute atomic E-state index is 0.155. The molecular weight excluding hydrogens is 334 g/mol. The van der Waals surface area contributed by atoms with E-state index in [1.165, 1.54) is 6.92 Å². The lowest BCUT2D eigenvalue weighted by Crippen LogP contribution is -2.06. The van der Waals surface area contributed by atoms with Crippen LogP contribution in [0.5, 0.6) is 17.4 Å². The van der Waals surface area contributed by atoms with Crippen LogP contribution in [0.3, 0.4) is 0 Å². The fraction of sp³-hybridized carbons (Fsp3) is 0.316. The first-order valence-electron chi connectivity index (χ1n) is 8.22. The lowest BCUT2D eigenvalue weighted by Gasteiger charge is -2.16. The quantitative estimate of drug-likeness (QED) is 0.572. The molecule has 7 nitrogen and oxygen atoms in total. The van der Waals surface area contributed by atoms with Crippen LogP contribution in [0.15, 0.2) is 18.2 Å². The number of carbonyl (C=O) groups is 1. The van der Waals surface area contributed by atoms with Crippen LogP contribution in [0, 0.1) is 20.8 Å². The molecule has 0 bridgehead atoms. The number of hydrogen-bond donors (Lipinski definition) is 1. The standard InChI is InChI=1S/C19H21N3O4/c1-10-8-15(11(2)12(3)18(10)25-13(4)24)26-17-7-6-14-19(21-17)22(5)16(9-23)20-14/h6-8,23H,9H2,1-5H3. The van der Waals surface area contributed by atoms with E-state index in [9.17, 15) is 9.90 Å². The van der Waals surface area contributed by atoms with Crippen molar-refractivity contribution in [3.05, 3.63) is 40.7 Å². The van der Waals surface area contributed by atoms with Gasteiger partial charge in [0.25, 0.3) is 0 Å². The molecule has 3 aromatic rings. The monoisotopic (exact) mass is 355 g/mol. The molecule has 0 aliphatic heterocycles. The maximum Gasteiger partial charge on any atom is 0.308 e. The van der Waals surface area contributed by atoms with Crippen molar-refractivity contribution in [3.8, 4) is 17.4 Å². The zero-order valence-corrected chi connectivity index (χ0v) is 15.5. The largest absolute Gasteiger partial charge is 0.439 e. The van der Waals surface area contributed by atoms with Crippen LogP contribution in [0.25, 0.3) is 11.2 Å². The molecule has 0 saturated carbocycles. The predicted octanol–water partition coefficient (Wildman–Crippen LogP) is 3.10. The highest BCUT2D eigenvalue weighted by atomic mass is 16.5. The summed E-state index contributed by atoms with van der Waals surface area (Å²) in [7, 11) is 1.80. The molecule has 0 radical (unpaired) electrons. The molecule has 0 unspecified atom stereocenters. The van der Waals surface area contributed by atoms with Gasteiger partial charge in [0.05, 0.1) is 0 Å². The van der Waals surface area contributed by atoms with Gasteiger partial charge in [-0.25, -0.2) is 4.98 Å². The normalized spacial score (nSPS) is 11.0. The predicted molar refractivity (Wildman–Crippen MR) is 96.5 cm³/mol. The minimum atomic E-state index is -0.354. The Kier molecular flexibility index (Phi) is 4.65. The maximum atomic E-state index is 11.3. The summed E-state index contributed by atoms with van der Waals surface area (Å²) >= 11 is 0. The Morgan fingerprint density at radius 3 is 2.58 bits per heavy atom. The van der Waals surface area contributed by atoms with E-state index >= 15 is 0 Å². The van der Waals surface area contributed by atoms with Gasteiger partial charge in [-0.15, -0.1) is 0 Å². The van der Waals surface area contributed by atoms with Crippen LogP contribution >= 0.6 is 0 Å². The minimum Gasteiger partial charge on any atom is -0.439 e. The van der Waals surface area contributed by atoms with Crippen LogP contribution in [-0.4, -0.2) is 25.6 Å². The van der Waals surface area contributed by atoms with E-state index < -0.39 is 0 Å². The molecule has 2 heterocycles. The summed E-state index contributed by atoms with van der Waals surface area (Å²) in [5.74, 6) is 1.81. The Morgan fingerprint density at radius 2 is 1.92 bits per heavy atom. The highest BCUT2D eigenvalue weighted by molar-refractivity contribution is 5.73. The lowest BCUT2D eigenvalue weighted by atomic mass is 10.0. The number of rotatable bonds is 4. The van der Waals surface area contributed by atoms with Crippen LogP contribution in [0.1, 0.15) is 29.4 Å². The van der Waals surface area contributed by atoms with Gasteiger partial charge in [-0.1, -0.05) is 0 Å². The van der Waals surface area contributed by atoms with Gasteiger partial charge in [-0.05, 0) is 49.6 Å². The number of carbonyl (C=O) groups excluding carboxylic acids is 1. The molecule has 0 spiro atoms. The van der Waals surface area contributed by atoms with Crippen LogP contribution in [-0.2, 0) is 18.4 Å². The third-order valence-electron chi connectivity index (χ3n) is 4.36. The van der Waals surface area contributed by atoms with Crippen molar-refractivity contribution in [2.75, 3.05) is 0 Å². The van der Waals surface area contributed by atoms with E-state index in [-0.39, 0.29) is 12.6 Å².